The molecule has 1 aliphatic heterocycles. The van der Waals surface area contributed by atoms with Gasteiger partial charge in [-0.1, -0.05) is 20.3 Å². The Kier molecular flexibility index (Phi) is 7.59. The second kappa shape index (κ2) is 8.95. The molecule has 20 heavy (non-hydrogen) atoms. The number of hydrogen-bond donors (Lipinski definition) is 3. The zero-order valence-corrected chi connectivity index (χ0v) is 12.7. The number of nitrogens with one attached hydrogen (secondary N) is 2. The summed E-state index contributed by atoms with van der Waals surface area (Å²) in [4.78, 5) is 22.6. The third-order valence-corrected chi connectivity index (χ3v) is 4.11. The number of piperidine rings is 1. The van der Waals surface area contributed by atoms with Crippen LogP contribution in [0.4, 0.5) is 0 Å². The zero-order valence-electron chi connectivity index (χ0n) is 12.7. The van der Waals surface area contributed by atoms with E-state index in [1.165, 1.54) is 0 Å². The van der Waals surface area contributed by atoms with Crippen LogP contribution in [0.1, 0.15) is 52.4 Å². The maximum atomic E-state index is 11.9. The lowest BCUT2D eigenvalue weighted by Gasteiger charge is -2.24. The highest BCUT2D eigenvalue weighted by atomic mass is 16.4. The lowest BCUT2D eigenvalue weighted by molar-refractivity contribution is -0.137. The molecule has 5 heteroatoms. The Bertz CT molecular complexity index is 312. The number of carbonyl (C=O) groups excluding carboxylic acids is 1. The summed E-state index contributed by atoms with van der Waals surface area (Å²) in [5.74, 6) is 0.140. The van der Waals surface area contributed by atoms with Crippen molar-refractivity contribution in [2.45, 2.75) is 58.4 Å². The number of carboxylic acid groups (broad SMARTS) is 1. The summed E-state index contributed by atoms with van der Waals surface area (Å²) in [7, 11) is 0. The quantitative estimate of drug-likeness (QED) is 0.635. The number of hydrogen-bond acceptors (Lipinski definition) is 3. The lowest BCUT2D eigenvalue weighted by atomic mass is 9.88. The highest BCUT2D eigenvalue weighted by Gasteiger charge is 2.21. The summed E-state index contributed by atoms with van der Waals surface area (Å²) >= 11 is 0. The summed E-state index contributed by atoms with van der Waals surface area (Å²) in [5.41, 5.74) is 0. The Hall–Kier alpha value is -1.10. The van der Waals surface area contributed by atoms with Crippen LogP contribution in [0.25, 0.3) is 0 Å². The van der Waals surface area contributed by atoms with Crippen LogP contribution >= 0.6 is 0 Å². The zero-order chi connectivity index (χ0) is 15.0. The minimum absolute atomic E-state index is 0.0414. The molecular formula is C15H28N2O3. The number of carbonyl (C=O) groups is 2. The Balaban J connectivity index is 2.25. The predicted molar refractivity (Wildman–Crippen MR) is 78.5 cm³/mol. The Morgan fingerprint density at radius 2 is 2.05 bits per heavy atom. The average molecular weight is 284 g/mol. The first-order valence-corrected chi connectivity index (χ1v) is 7.73. The molecule has 116 valence electrons. The largest absolute Gasteiger partial charge is 0.481 e. The van der Waals surface area contributed by atoms with Gasteiger partial charge in [0.2, 0.25) is 5.91 Å². The van der Waals surface area contributed by atoms with Gasteiger partial charge in [-0.15, -0.1) is 0 Å². The van der Waals surface area contributed by atoms with Crippen molar-refractivity contribution in [3.05, 3.63) is 0 Å². The summed E-state index contributed by atoms with van der Waals surface area (Å²) in [6, 6.07) is -0.0414. The van der Waals surface area contributed by atoms with Crippen LogP contribution in [0.3, 0.4) is 0 Å². The topological polar surface area (TPSA) is 78.4 Å². The molecule has 1 fully saturated rings. The van der Waals surface area contributed by atoms with Gasteiger partial charge in [0, 0.05) is 13.0 Å². The van der Waals surface area contributed by atoms with Gasteiger partial charge in [-0.25, -0.2) is 0 Å². The van der Waals surface area contributed by atoms with E-state index < -0.39 is 5.97 Å². The molecule has 1 aliphatic rings. The number of rotatable bonds is 8. The molecule has 0 aromatic carbocycles. The predicted octanol–water partition coefficient (Wildman–Crippen LogP) is 1.77. The second-order valence-electron chi connectivity index (χ2n) is 6.02. The molecule has 0 saturated carbocycles. The molecule has 1 unspecified atom stereocenters. The Morgan fingerprint density at radius 3 is 2.60 bits per heavy atom. The smallest absolute Gasteiger partial charge is 0.303 e. The normalized spacial score (nSPS) is 20.6. The van der Waals surface area contributed by atoms with Crippen molar-refractivity contribution in [2.24, 2.45) is 11.8 Å². The first kappa shape index (κ1) is 17.0. The monoisotopic (exact) mass is 284 g/mol. The molecule has 0 radical (unpaired) electrons. The van der Waals surface area contributed by atoms with E-state index in [2.05, 4.69) is 24.5 Å². The van der Waals surface area contributed by atoms with Gasteiger partial charge < -0.3 is 15.7 Å². The van der Waals surface area contributed by atoms with E-state index in [1.54, 1.807) is 0 Å². The molecule has 2 atom stereocenters. The van der Waals surface area contributed by atoms with Gasteiger partial charge in [0.25, 0.3) is 0 Å². The Labute approximate surface area is 121 Å². The van der Waals surface area contributed by atoms with Crippen LogP contribution in [-0.4, -0.2) is 36.1 Å². The summed E-state index contributed by atoms with van der Waals surface area (Å²) in [6.07, 6.45) is 4.92. The fourth-order valence-corrected chi connectivity index (χ4v) is 2.70. The molecule has 1 heterocycles. The van der Waals surface area contributed by atoms with E-state index in [1.807, 2.05) is 0 Å². The van der Waals surface area contributed by atoms with Crippen molar-refractivity contribution in [2.75, 3.05) is 13.1 Å². The van der Waals surface area contributed by atoms with Crippen LogP contribution in [0.5, 0.6) is 0 Å². The molecule has 0 aliphatic carbocycles. The molecule has 0 bridgehead atoms. The maximum absolute atomic E-state index is 11.9. The van der Waals surface area contributed by atoms with Crippen LogP contribution in [0.2, 0.25) is 0 Å². The summed E-state index contributed by atoms with van der Waals surface area (Å²) in [6.45, 7) is 5.78. The van der Waals surface area contributed by atoms with Crippen molar-refractivity contribution in [3.63, 3.8) is 0 Å². The SMILES string of the molecule is CC(C)C(CCNC(=O)[C@H]1CCCCN1)CCC(=O)O. The van der Waals surface area contributed by atoms with Gasteiger partial charge in [-0.3, -0.25) is 9.59 Å². The summed E-state index contributed by atoms with van der Waals surface area (Å²) < 4.78 is 0. The maximum Gasteiger partial charge on any atom is 0.303 e. The van der Waals surface area contributed by atoms with Gasteiger partial charge in [-0.05, 0) is 44.1 Å². The van der Waals surface area contributed by atoms with Gasteiger partial charge in [0.15, 0.2) is 0 Å². The molecule has 5 nitrogen and oxygen atoms in total. The lowest BCUT2D eigenvalue weighted by Crippen LogP contribution is -2.47. The van der Waals surface area contributed by atoms with Crippen LogP contribution in [0, 0.1) is 11.8 Å². The van der Waals surface area contributed by atoms with Gasteiger partial charge in [-0.2, -0.15) is 0 Å². The van der Waals surface area contributed by atoms with Crippen LogP contribution < -0.4 is 10.6 Å². The molecule has 1 saturated heterocycles. The van der Waals surface area contributed by atoms with E-state index in [0.29, 0.717) is 24.8 Å². The van der Waals surface area contributed by atoms with Crippen molar-refractivity contribution in [1.82, 2.24) is 10.6 Å². The molecule has 1 amide bonds. The fraction of sp³-hybridized carbons (Fsp3) is 0.867. The molecule has 0 spiro atoms. The van der Waals surface area contributed by atoms with Crippen LogP contribution in [0.15, 0.2) is 0 Å². The first-order valence-electron chi connectivity index (χ1n) is 7.73. The first-order chi connectivity index (χ1) is 9.50. The minimum atomic E-state index is -0.744. The van der Waals surface area contributed by atoms with E-state index in [0.717, 1.165) is 32.2 Å². The van der Waals surface area contributed by atoms with Gasteiger partial charge >= 0.3 is 5.97 Å². The molecule has 1 rings (SSSR count). The molecular weight excluding hydrogens is 256 g/mol. The molecule has 0 aromatic heterocycles. The van der Waals surface area contributed by atoms with Crippen molar-refractivity contribution in [1.29, 1.82) is 0 Å². The summed E-state index contributed by atoms with van der Waals surface area (Å²) in [5, 5.41) is 15.0. The van der Waals surface area contributed by atoms with E-state index >= 15 is 0 Å². The van der Waals surface area contributed by atoms with E-state index in [-0.39, 0.29) is 18.4 Å². The van der Waals surface area contributed by atoms with Crippen LogP contribution in [-0.2, 0) is 9.59 Å². The number of amides is 1. The number of carboxylic acids is 1. The van der Waals surface area contributed by atoms with Crippen molar-refractivity contribution in [3.8, 4) is 0 Å². The van der Waals surface area contributed by atoms with Crippen molar-refractivity contribution < 1.29 is 14.7 Å². The van der Waals surface area contributed by atoms with E-state index in [9.17, 15) is 9.59 Å². The van der Waals surface area contributed by atoms with E-state index in [4.69, 9.17) is 5.11 Å². The highest BCUT2D eigenvalue weighted by Crippen LogP contribution is 2.20. The standard InChI is InChI=1S/C15H28N2O3/c1-11(2)12(6-7-14(18)19)8-10-17-15(20)13-5-3-4-9-16-13/h11-13,16H,3-10H2,1-2H3,(H,17,20)(H,18,19)/t12?,13-/m1/s1. The van der Waals surface area contributed by atoms with Crippen molar-refractivity contribution >= 4 is 11.9 Å². The second-order valence-corrected chi connectivity index (χ2v) is 6.02. The minimum Gasteiger partial charge on any atom is -0.481 e. The van der Waals surface area contributed by atoms with Gasteiger partial charge in [0.1, 0.15) is 0 Å². The number of aliphatic carboxylic acids is 1. The third-order valence-electron chi connectivity index (χ3n) is 4.11. The highest BCUT2D eigenvalue weighted by molar-refractivity contribution is 5.81. The molecule has 0 aromatic rings. The Morgan fingerprint density at radius 1 is 1.30 bits per heavy atom. The van der Waals surface area contributed by atoms with Gasteiger partial charge in [0.05, 0.1) is 6.04 Å². The average Bonchev–Trinajstić information content (AvgIpc) is 2.42. The molecule has 3 N–H and O–H groups in total. The third kappa shape index (κ3) is 6.37. The fourth-order valence-electron chi connectivity index (χ4n) is 2.70.